The van der Waals surface area contributed by atoms with Crippen LogP contribution in [0.3, 0.4) is 0 Å². The van der Waals surface area contributed by atoms with Crippen LogP contribution in [-0.4, -0.2) is 44.3 Å². The number of carbonyl (C=O) groups excluding carboxylic acids is 1. The molecule has 29 heavy (non-hydrogen) atoms. The van der Waals surface area contributed by atoms with Crippen molar-refractivity contribution in [1.29, 1.82) is 0 Å². The van der Waals surface area contributed by atoms with Crippen molar-refractivity contribution in [2.45, 2.75) is 77.8 Å². The van der Waals surface area contributed by atoms with E-state index >= 15 is 0 Å². The molecule has 0 N–H and O–H groups in total. The highest BCUT2D eigenvalue weighted by atomic mass is 16.7. The molecule has 2 heterocycles. The minimum atomic E-state index is -0.502. The van der Waals surface area contributed by atoms with Gasteiger partial charge in [-0.1, -0.05) is 32.1 Å². The fraction of sp³-hybridized carbons (Fsp3) is 0.792. The van der Waals surface area contributed by atoms with Crippen LogP contribution in [-0.2, 0) is 23.7 Å². The van der Waals surface area contributed by atoms with Gasteiger partial charge in [-0.05, 0) is 63.2 Å². The first kappa shape index (κ1) is 21.1. The van der Waals surface area contributed by atoms with Gasteiger partial charge in [-0.15, -0.1) is 0 Å². The Hall–Kier alpha value is -1.17. The Morgan fingerprint density at radius 1 is 1.21 bits per heavy atom. The summed E-state index contributed by atoms with van der Waals surface area (Å²) in [7, 11) is 1.63. The molecule has 2 aliphatic carbocycles. The summed E-state index contributed by atoms with van der Waals surface area (Å²) in [6.07, 6.45) is 7.15. The molecule has 4 fully saturated rings. The number of hydrogen-bond donors (Lipinski definition) is 0. The molecular formula is C24H36O5. The maximum atomic E-state index is 12.1. The summed E-state index contributed by atoms with van der Waals surface area (Å²) < 4.78 is 23.1. The smallest absolute Gasteiger partial charge is 0.336 e. The first-order chi connectivity index (χ1) is 13.6. The number of fused-ring (bicyclic) bond motifs is 3. The Morgan fingerprint density at radius 3 is 2.69 bits per heavy atom. The molecule has 0 aromatic carbocycles. The van der Waals surface area contributed by atoms with Crippen molar-refractivity contribution >= 4 is 5.97 Å². The van der Waals surface area contributed by atoms with Gasteiger partial charge in [0.2, 0.25) is 0 Å². The van der Waals surface area contributed by atoms with Gasteiger partial charge >= 0.3 is 5.97 Å². The highest BCUT2D eigenvalue weighted by molar-refractivity contribution is 5.91. The maximum Gasteiger partial charge on any atom is 0.336 e. The largest absolute Gasteiger partial charge is 0.459 e. The third-order valence-corrected chi connectivity index (χ3v) is 8.28. The van der Waals surface area contributed by atoms with Crippen LogP contribution < -0.4 is 0 Å². The van der Waals surface area contributed by atoms with Crippen LogP contribution >= 0.6 is 0 Å². The second-order valence-electron chi connectivity index (χ2n) is 10.4. The quantitative estimate of drug-likeness (QED) is 0.396. The Morgan fingerprint density at radius 2 is 1.97 bits per heavy atom. The molecule has 0 amide bonds. The minimum Gasteiger partial charge on any atom is -0.459 e. The van der Waals surface area contributed by atoms with Crippen LogP contribution in [0.2, 0.25) is 0 Å². The summed E-state index contributed by atoms with van der Waals surface area (Å²) in [4.78, 5) is 12.1. The zero-order valence-electron chi connectivity index (χ0n) is 18.6. The van der Waals surface area contributed by atoms with E-state index in [2.05, 4.69) is 26.5 Å². The van der Waals surface area contributed by atoms with Gasteiger partial charge in [0.15, 0.2) is 5.79 Å². The highest BCUT2D eigenvalue weighted by Gasteiger charge is 2.60. The predicted octanol–water partition coefficient (Wildman–Crippen LogP) is 4.42. The Kier molecular flexibility index (Phi) is 5.24. The molecule has 2 aliphatic heterocycles. The van der Waals surface area contributed by atoms with Gasteiger partial charge in [0.25, 0.3) is 0 Å². The van der Waals surface area contributed by atoms with Crippen LogP contribution in [0.5, 0.6) is 0 Å². The van der Waals surface area contributed by atoms with Crippen LogP contribution in [0.15, 0.2) is 23.8 Å². The summed E-state index contributed by atoms with van der Waals surface area (Å²) >= 11 is 0. The number of cyclic esters (lactones) is 1. The molecule has 0 radical (unpaired) electrons. The molecule has 4 aliphatic rings. The topological polar surface area (TPSA) is 54.0 Å². The predicted molar refractivity (Wildman–Crippen MR) is 110 cm³/mol. The lowest BCUT2D eigenvalue weighted by Crippen LogP contribution is -2.62. The average molecular weight is 405 g/mol. The van der Waals surface area contributed by atoms with Crippen LogP contribution in [0, 0.1) is 22.7 Å². The average Bonchev–Trinajstić information content (AvgIpc) is 3.01. The summed E-state index contributed by atoms with van der Waals surface area (Å²) in [6.45, 7) is 14.3. The number of methoxy groups -OCH3 is 1. The van der Waals surface area contributed by atoms with Gasteiger partial charge in [0, 0.05) is 12.5 Å². The number of esters is 1. The molecule has 2 saturated carbocycles. The second-order valence-corrected chi connectivity index (χ2v) is 10.4. The van der Waals surface area contributed by atoms with Crippen molar-refractivity contribution in [2.75, 3.05) is 20.3 Å². The molecule has 5 heteroatoms. The fourth-order valence-electron chi connectivity index (χ4n) is 6.61. The Balaban J connectivity index is 1.60. The van der Waals surface area contributed by atoms with E-state index in [1.807, 2.05) is 13.8 Å². The van der Waals surface area contributed by atoms with Gasteiger partial charge in [-0.3, -0.25) is 0 Å². The zero-order chi connectivity index (χ0) is 21.0. The lowest BCUT2D eigenvalue weighted by atomic mass is 9.46. The molecular weight excluding hydrogens is 368 g/mol. The third kappa shape index (κ3) is 3.39. The van der Waals surface area contributed by atoms with E-state index in [4.69, 9.17) is 18.9 Å². The van der Waals surface area contributed by atoms with Gasteiger partial charge in [0.05, 0.1) is 18.3 Å². The first-order valence-electron chi connectivity index (χ1n) is 11.0. The minimum absolute atomic E-state index is 0.00989. The van der Waals surface area contributed by atoms with Gasteiger partial charge in [-0.2, -0.15) is 0 Å². The Labute approximate surface area is 174 Å². The lowest BCUT2D eigenvalue weighted by molar-refractivity contribution is -0.344. The van der Waals surface area contributed by atoms with E-state index in [0.717, 1.165) is 38.7 Å². The number of carbonyl (C=O) groups is 1. The van der Waals surface area contributed by atoms with E-state index in [0.29, 0.717) is 24.0 Å². The van der Waals surface area contributed by atoms with Crippen molar-refractivity contribution in [1.82, 2.24) is 0 Å². The van der Waals surface area contributed by atoms with E-state index < -0.39 is 5.79 Å². The zero-order valence-corrected chi connectivity index (χ0v) is 18.6. The van der Waals surface area contributed by atoms with E-state index in [9.17, 15) is 4.79 Å². The summed E-state index contributed by atoms with van der Waals surface area (Å²) in [5.41, 5.74) is 2.10. The molecule has 0 spiro atoms. The molecule has 0 aromatic heterocycles. The summed E-state index contributed by atoms with van der Waals surface area (Å²) in [5.74, 6) is 0.102. The molecule has 5 nitrogen and oxygen atoms in total. The van der Waals surface area contributed by atoms with Crippen LogP contribution in [0.4, 0.5) is 0 Å². The monoisotopic (exact) mass is 404 g/mol. The normalized spacial score (nSPS) is 45.6. The van der Waals surface area contributed by atoms with Gasteiger partial charge in [-0.25, -0.2) is 4.79 Å². The molecule has 0 aromatic rings. The molecule has 162 valence electrons. The second kappa shape index (κ2) is 7.21. The molecule has 6 atom stereocenters. The van der Waals surface area contributed by atoms with Gasteiger partial charge < -0.3 is 18.9 Å². The highest BCUT2D eigenvalue weighted by Crippen LogP contribution is 2.63. The number of allylic oxidation sites excluding steroid dienone is 2. The van der Waals surface area contributed by atoms with E-state index in [1.54, 1.807) is 7.11 Å². The number of ether oxygens (including phenoxy) is 4. The summed E-state index contributed by atoms with van der Waals surface area (Å²) in [5, 5.41) is 0. The van der Waals surface area contributed by atoms with Crippen LogP contribution in [0.1, 0.15) is 59.8 Å². The van der Waals surface area contributed by atoms with Crippen LogP contribution in [0.25, 0.3) is 0 Å². The Bertz CT molecular complexity index is 725. The number of hydrogen-bond acceptors (Lipinski definition) is 5. The van der Waals surface area contributed by atoms with Crippen molar-refractivity contribution in [3.05, 3.63) is 23.8 Å². The van der Waals surface area contributed by atoms with Crippen molar-refractivity contribution in [2.24, 2.45) is 22.7 Å². The standard InChI is InChI=1S/C24H36O5/c1-15-7-10-19-23(4,12-11-20-24(19,5)14-28-22(2,3)29-20)17(15)9-8-16-18(26-6)13-27-21(16)25/h8,17-20H,1,7,9-14H2,2-6H3/b16-8-/t17-,18?,19?,20-,23+,24+/m1/s1. The lowest BCUT2D eigenvalue weighted by Gasteiger charge is -2.63. The summed E-state index contributed by atoms with van der Waals surface area (Å²) in [6, 6.07) is 0. The van der Waals surface area contributed by atoms with Gasteiger partial charge in [0.1, 0.15) is 12.7 Å². The molecule has 2 unspecified atom stereocenters. The van der Waals surface area contributed by atoms with Crippen molar-refractivity contribution in [3.63, 3.8) is 0 Å². The number of rotatable bonds is 3. The van der Waals surface area contributed by atoms with Crippen molar-refractivity contribution < 1.29 is 23.7 Å². The first-order valence-corrected chi connectivity index (χ1v) is 11.0. The third-order valence-electron chi connectivity index (χ3n) is 8.28. The maximum absolute atomic E-state index is 12.1. The molecule has 0 bridgehead atoms. The van der Waals surface area contributed by atoms with E-state index in [-0.39, 0.29) is 29.0 Å². The molecule has 2 saturated heterocycles. The van der Waals surface area contributed by atoms with E-state index in [1.165, 1.54) is 5.57 Å². The van der Waals surface area contributed by atoms with Crippen molar-refractivity contribution in [3.8, 4) is 0 Å². The molecule has 4 rings (SSSR count). The SMILES string of the molecule is C=C1CCC2[C@]3(C)COC(C)(C)O[C@@H]3CC[C@@]2(C)[C@@H]1C/C=C1\C(=O)OCC1OC. The fourth-order valence-corrected chi connectivity index (χ4v) is 6.61.